The fourth-order valence-corrected chi connectivity index (χ4v) is 4.89. The molecule has 4 aromatic carbocycles. The van der Waals surface area contributed by atoms with E-state index in [2.05, 4.69) is 18.7 Å². The normalized spacial score (nSPS) is 11.9. The summed E-state index contributed by atoms with van der Waals surface area (Å²) in [5, 5.41) is 1.34. The maximum absolute atomic E-state index is 13.3. The van der Waals surface area contributed by atoms with Crippen LogP contribution < -0.4 is 0 Å². The third-order valence-corrected chi connectivity index (χ3v) is 7.13. The van der Waals surface area contributed by atoms with E-state index in [9.17, 15) is 8.42 Å². The summed E-state index contributed by atoms with van der Waals surface area (Å²) < 4.78 is 26.6. The fraction of sp³-hybridized carbons (Fsp3) is 0.0667. The first-order valence-electron chi connectivity index (χ1n) is 10.8. The van der Waals surface area contributed by atoms with Gasteiger partial charge < -0.3 is 0 Å². The van der Waals surface area contributed by atoms with Crippen molar-refractivity contribution in [1.29, 1.82) is 0 Å². The highest BCUT2D eigenvalue weighted by atomic mass is 32.2. The lowest BCUT2D eigenvalue weighted by atomic mass is 9.93. The molecule has 3 heteroatoms. The van der Waals surface area contributed by atoms with Crippen LogP contribution in [0.1, 0.15) is 22.3 Å². The van der Waals surface area contributed by atoms with Crippen molar-refractivity contribution in [3.05, 3.63) is 137 Å². The van der Waals surface area contributed by atoms with Crippen LogP contribution in [0.5, 0.6) is 0 Å². The van der Waals surface area contributed by atoms with Crippen LogP contribution in [0.15, 0.2) is 120 Å². The van der Waals surface area contributed by atoms with E-state index in [0.717, 1.165) is 33.4 Å². The minimum atomic E-state index is -3.67. The van der Waals surface area contributed by atoms with Gasteiger partial charge in [-0.1, -0.05) is 109 Å². The van der Waals surface area contributed by atoms with Crippen molar-refractivity contribution in [3.8, 4) is 11.1 Å². The molecule has 2 nitrogen and oxygen atoms in total. The van der Waals surface area contributed by atoms with Crippen LogP contribution >= 0.6 is 0 Å². The number of allylic oxidation sites excluding steroid dienone is 2. The first-order valence-corrected chi connectivity index (χ1v) is 12.3. The van der Waals surface area contributed by atoms with Gasteiger partial charge in [-0.05, 0) is 53.8 Å². The molecular formula is C30H26O2S. The van der Waals surface area contributed by atoms with Crippen molar-refractivity contribution in [2.75, 3.05) is 0 Å². The van der Waals surface area contributed by atoms with Crippen molar-refractivity contribution in [2.24, 2.45) is 0 Å². The molecule has 0 unspecified atom stereocenters. The minimum absolute atomic E-state index is 0.267. The van der Waals surface area contributed by atoms with E-state index >= 15 is 0 Å². The molecular weight excluding hydrogens is 424 g/mol. The summed E-state index contributed by atoms with van der Waals surface area (Å²) in [6.45, 7) is 8.23. The summed E-state index contributed by atoms with van der Waals surface area (Å²) in [5.74, 6) is 0. The van der Waals surface area contributed by atoms with Crippen LogP contribution in [0.3, 0.4) is 0 Å². The maximum Gasteiger partial charge on any atom is 0.200 e. The highest BCUT2D eigenvalue weighted by molar-refractivity contribution is 7.94. The standard InChI is InChI=1S/C30H26O2S/c1-22-9-13-25(14-10-22)24(3)30(21-33(31,32)29-19-11-23(2)12-20-29)28-17-15-27(16-18-28)26-7-5-4-6-8-26/h4-21H,3H2,1-2H3. The lowest BCUT2D eigenvalue weighted by molar-refractivity contribution is 0.604. The Morgan fingerprint density at radius 1 is 0.636 bits per heavy atom. The van der Waals surface area contributed by atoms with Gasteiger partial charge >= 0.3 is 0 Å². The molecule has 0 spiro atoms. The van der Waals surface area contributed by atoms with Crippen LogP contribution in [0.2, 0.25) is 0 Å². The predicted molar refractivity (Wildman–Crippen MR) is 138 cm³/mol. The smallest absolute Gasteiger partial charge is 0.200 e. The molecule has 164 valence electrons. The van der Waals surface area contributed by atoms with E-state index in [-0.39, 0.29) is 4.90 Å². The maximum atomic E-state index is 13.3. The van der Waals surface area contributed by atoms with Gasteiger partial charge in [0.2, 0.25) is 0 Å². The number of aryl methyl sites for hydroxylation is 2. The molecule has 0 fully saturated rings. The van der Waals surface area contributed by atoms with Crippen molar-refractivity contribution in [3.63, 3.8) is 0 Å². The Morgan fingerprint density at radius 2 is 1.12 bits per heavy atom. The number of sulfone groups is 1. The average molecular weight is 451 g/mol. The molecule has 0 saturated heterocycles. The second-order valence-corrected chi connectivity index (χ2v) is 9.97. The van der Waals surface area contributed by atoms with Crippen molar-refractivity contribution < 1.29 is 8.42 Å². The van der Waals surface area contributed by atoms with Gasteiger partial charge in [-0.25, -0.2) is 8.42 Å². The lowest BCUT2D eigenvalue weighted by Gasteiger charge is -2.14. The number of rotatable bonds is 6. The zero-order chi connectivity index (χ0) is 23.4. The van der Waals surface area contributed by atoms with E-state index in [1.807, 2.05) is 92.7 Å². The van der Waals surface area contributed by atoms with Gasteiger partial charge in [0, 0.05) is 11.0 Å². The largest absolute Gasteiger partial charge is 0.219 e. The second kappa shape index (κ2) is 9.43. The zero-order valence-electron chi connectivity index (χ0n) is 18.8. The Balaban J connectivity index is 1.80. The van der Waals surface area contributed by atoms with Gasteiger partial charge in [0.1, 0.15) is 0 Å². The topological polar surface area (TPSA) is 34.1 Å². The van der Waals surface area contributed by atoms with Gasteiger partial charge in [-0.15, -0.1) is 0 Å². The molecule has 0 amide bonds. The zero-order valence-corrected chi connectivity index (χ0v) is 19.6. The molecule has 0 heterocycles. The summed E-state index contributed by atoms with van der Waals surface area (Å²) in [5.41, 5.74) is 7.27. The van der Waals surface area contributed by atoms with Crippen molar-refractivity contribution in [1.82, 2.24) is 0 Å². The molecule has 33 heavy (non-hydrogen) atoms. The highest BCUT2D eigenvalue weighted by Crippen LogP contribution is 2.33. The molecule has 0 N–H and O–H groups in total. The monoisotopic (exact) mass is 450 g/mol. The lowest BCUT2D eigenvalue weighted by Crippen LogP contribution is -2.00. The Morgan fingerprint density at radius 3 is 1.70 bits per heavy atom. The SMILES string of the molecule is C=C(C(=CS(=O)(=O)c1ccc(C)cc1)c1ccc(-c2ccccc2)cc1)c1ccc(C)cc1. The van der Waals surface area contributed by atoms with Crippen LogP contribution in [0, 0.1) is 13.8 Å². The fourth-order valence-electron chi connectivity index (χ4n) is 3.65. The van der Waals surface area contributed by atoms with Crippen LogP contribution in [0.4, 0.5) is 0 Å². The van der Waals surface area contributed by atoms with E-state index in [0.29, 0.717) is 11.1 Å². The van der Waals surface area contributed by atoms with Crippen molar-refractivity contribution >= 4 is 21.0 Å². The quantitative estimate of drug-likeness (QED) is 0.285. The van der Waals surface area contributed by atoms with E-state index in [1.165, 1.54) is 5.41 Å². The molecule has 4 rings (SSSR count). The summed E-state index contributed by atoms with van der Waals surface area (Å²) in [4.78, 5) is 0.267. The molecule has 0 aromatic heterocycles. The molecule has 0 atom stereocenters. The van der Waals surface area contributed by atoms with E-state index in [4.69, 9.17) is 0 Å². The minimum Gasteiger partial charge on any atom is -0.219 e. The summed E-state index contributed by atoms with van der Waals surface area (Å²) >= 11 is 0. The molecule has 0 aliphatic heterocycles. The molecule has 0 radical (unpaired) electrons. The highest BCUT2D eigenvalue weighted by Gasteiger charge is 2.17. The molecule has 4 aromatic rings. The third kappa shape index (κ3) is 5.21. The average Bonchev–Trinajstić information content (AvgIpc) is 2.84. The second-order valence-electron chi connectivity index (χ2n) is 8.18. The van der Waals surface area contributed by atoms with E-state index in [1.54, 1.807) is 12.1 Å². The molecule has 0 aliphatic carbocycles. The van der Waals surface area contributed by atoms with Gasteiger partial charge in [0.05, 0.1) is 4.90 Å². The number of hydrogen-bond donors (Lipinski definition) is 0. The van der Waals surface area contributed by atoms with Gasteiger partial charge in [-0.2, -0.15) is 0 Å². The summed E-state index contributed by atoms with van der Waals surface area (Å²) in [7, 11) is -3.67. The van der Waals surface area contributed by atoms with Gasteiger partial charge in [0.25, 0.3) is 0 Å². The summed E-state index contributed by atoms with van der Waals surface area (Å²) in [6.07, 6.45) is 0. The van der Waals surface area contributed by atoms with Crippen LogP contribution in [-0.2, 0) is 9.84 Å². The van der Waals surface area contributed by atoms with Crippen LogP contribution in [-0.4, -0.2) is 8.42 Å². The molecule has 0 saturated carbocycles. The van der Waals surface area contributed by atoms with E-state index < -0.39 is 9.84 Å². The number of hydrogen-bond acceptors (Lipinski definition) is 2. The summed E-state index contributed by atoms with van der Waals surface area (Å²) in [6, 6.07) is 32.9. The van der Waals surface area contributed by atoms with Crippen molar-refractivity contribution in [2.45, 2.75) is 18.7 Å². The Labute approximate surface area is 196 Å². The Kier molecular flexibility index (Phi) is 6.43. The Bertz CT molecular complexity index is 1390. The molecule has 0 aliphatic rings. The first kappa shape index (κ1) is 22.5. The van der Waals surface area contributed by atoms with Gasteiger partial charge in [-0.3, -0.25) is 0 Å². The molecule has 0 bridgehead atoms. The Hall–Kier alpha value is -3.69. The van der Waals surface area contributed by atoms with Crippen LogP contribution in [0.25, 0.3) is 22.3 Å². The predicted octanol–water partition coefficient (Wildman–Crippen LogP) is 7.50. The third-order valence-electron chi connectivity index (χ3n) is 5.65. The van der Waals surface area contributed by atoms with Gasteiger partial charge in [0.15, 0.2) is 9.84 Å². The first-order chi connectivity index (χ1) is 15.8. The number of benzene rings is 4.